The topological polar surface area (TPSA) is 102 Å². The number of fused-ring (bicyclic) bond motifs is 2. The first kappa shape index (κ1) is 16.7. The molecule has 0 spiro atoms. The number of methoxy groups -OCH3 is 1. The number of aromatic nitrogens is 6. The molecule has 0 aliphatic carbocycles. The Labute approximate surface area is 206 Å². The summed E-state index contributed by atoms with van der Waals surface area (Å²) in [5.41, 5.74) is 2.16. The van der Waals surface area contributed by atoms with Crippen molar-refractivity contribution in [1.82, 2.24) is 34.5 Å². The molecule has 1 saturated heterocycles. The molecule has 4 heterocycles. The van der Waals surface area contributed by atoms with E-state index in [9.17, 15) is 18.0 Å². The largest absolute Gasteiger partial charge is 0.479 e. The van der Waals surface area contributed by atoms with Gasteiger partial charge in [-0.2, -0.15) is 4.98 Å². The Hall–Kier alpha value is -3.90. The lowest BCUT2D eigenvalue weighted by Crippen LogP contribution is -2.55. The quantitative estimate of drug-likeness (QED) is 0.440. The van der Waals surface area contributed by atoms with Gasteiger partial charge in [0.25, 0.3) is 5.92 Å². The van der Waals surface area contributed by atoms with E-state index >= 15 is 0 Å². The highest BCUT2D eigenvalue weighted by molar-refractivity contribution is 5.89. The number of aryl methyl sites for hydroxylation is 1. The summed E-state index contributed by atoms with van der Waals surface area (Å²) in [6.45, 7) is -5.12. The van der Waals surface area contributed by atoms with Gasteiger partial charge in [-0.3, -0.25) is 4.79 Å². The van der Waals surface area contributed by atoms with E-state index < -0.39 is 50.9 Å². The maximum Gasteiger partial charge on any atom is 0.285 e. The van der Waals surface area contributed by atoms with Crippen molar-refractivity contribution < 1.29 is 30.9 Å². The molecule has 1 atom stereocenters. The van der Waals surface area contributed by atoms with Crippen molar-refractivity contribution in [3.8, 4) is 17.0 Å². The first-order chi connectivity index (χ1) is 19.2. The molecule has 1 amide bonds. The summed E-state index contributed by atoms with van der Waals surface area (Å²) in [5.74, 6) is -5.73. The number of likely N-dealkylation sites (tertiary alicyclic amines) is 1. The summed E-state index contributed by atoms with van der Waals surface area (Å²) in [7, 11) is -2.95. The van der Waals surface area contributed by atoms with Crippen LogP contribution >= 0.6 is 0 Å². The number of alkyl halides is 3. The predicted molar refractivity (Wildman–Crippen MR) is 121 cm³/mol. The summed E-state index contributed by atoms with van der Waals surface area (Å²) in [6.07, 6.45) is 1.13. The van der Waals surface area contributed by atoms with E-state index in [0.717, 1.165) is 0 Å². The van der Waals surface area contributed by atoms with Crippen LogP contribution in [0.15, 0.2) is 30.5 Å². The second-order valence-electron chi connectivity index (χ2n) is 8.04. The van der Waals surface area contributed by atoms with Gasteiger partial charge in [-0.1, -0.05) is 11.3 Å². The molecule has 10 nitrogen and oxygen atoms in total. The molecule has 0 bridgehead atoms. The summed E-state index contributed by atoms with van der Waals surface area (Å²) in [4.78, 5) is 16.7. The summed E-state index contributed by atoms with van der Waals surface area (Å²) >= 11 is 0. The Kier molecular flexibility index (Phi) is 4.15. The Morgan fingerprint density at radius 2 is 2.26 bits per heavy atom. The lowest BCUT2D eigenvalue weighted by atomic mass is 10.0. The molecule has 1 aromatic carbocycles. The van der Waals surface area contributed by atoms with Crippen LogP contribution in [-0.2, 0) is 11.3 Å². The number of amides is 1. The number of carbonyl (C=O) groups excluding carboxylic acids is 1. The SMILES string of the molecule is [2H]C([2H])([2H])Oc1nc(N[C@@H]2CCN(C(=O)C([2H])([2H])[2H])CC2(F)F)nn2ccc(-c3ccc4nnn(CCF)c4c3)c12. The zero-order chi connectivity index (χ0) is 29.7. The molecular formula is C22H23F3N8O2. The minimum Gasteiger partial charge on any atom is -0.479 e. The normalized spacial score (nSPS) is 21.0. The molecule has 1 aliphatic rings. The van der Waals surface area contributed by atoms with Gasteiger partial charge in [-0.05, 0) is 30.2 Å². The standard InChI is InChI=1S/C22H23F3N8O2/c1-13(34)31-8-6-18(22(24,25)12-31)26-21-27-20(35-2)19-15(5-9-33(19)29-21)14-3-4-16-17(11-14)32(10-7-23)30-28-16/h3-5,9,11,18H,6-8,10,12H2,1-2H3,(H,26,29)/t18-/m1/s1/i1D3,2D3. The van der Waals surface area contributed by atoms with Crippen LogP contribution in [0.5, 0.6) is 5.88 Å². The number of ether oxygens (including phenoxy) is 1. The van der Waals surface area contributed by atoms with Crippen molar-refractivity contribution >= 4 is 28.4 Å². The minimum absolute atomic E-state index is 0.0179. The van der Waals surface area contributed by atoms with Crippen LogP contribution in [0.1, 0.15) is 21.5 Å². The number of benzene rings is 1. The zero-order valence-electron chi connectivity index (χ0n) is 24.1. The average molecular weight is 495 g/mol. The van der Waals surface area contributed by atoms with Gasteiger partial charge in [0.05, 0.1) is 35.8 Å². The highest BCUT2D eigenvalue weighted by Crippen LogP contribution is 2.34. The Morgan fingerprint density at radius 1 is 1.37 bits per heavy atom. The van der Waals surface area contributed by atoms with E-state index in [1.54, 1.807) is 24.3 Å². The summed E-state index contributed by atoms with van der Waals surface area (Å²) in [5, 5.41) is 14.6. The molecule has 1 fully saturated rings. The number of nitrogens with one attached hydrogen (secondary N) is 1. The monoisotopic (exact) mass is 494 g/mol. The molecule has 13 heteroatoms. The van der Waals surface area contributed by atoms with Crippen molar-refractivity contribution in [3.05, 3.63) is 30.5 Å². The molecule has 35 heavy (non-hydrogen) atoms. The van der Waals surface area contributed by atoms with Crippen molar-refractivity contribution in [2.45, 2.75) is 31.8 Å². The van der Waals surface area contributed by atoms with Gasteiger partial charge < -0.3 is 15.0 Å². The van der Waals surface area contributed by atoms with Crippen LogP contribution < -0.4 is 10.1 Å². The van der Waals surface area contributed by atoms with Crippen LogP contribution in [0.2, 0.25) is 0 Å². The molecule has 1 N–H and O–H groups in total. The van der Waals surface area contributed by atoms with Gasteiger partial charge in [0.15, 0.2) is 0 Å². The molecule has 4 aromatic rings. The lowest BCUT2D eigenvalue weighted by molar-refractivity contribution is -0.140. The molecule has 0 unspecified atom stereocenters. The van der Waals surface area contributed by atoms with Gasteiger partial charge in [-0.15, -0.1) is 10.2 Å². The maximum absolute atomic E-state index is 15.0. The lowest BCUT2D eigenvalue weighted by Gasteiger charge is -2.38. The first-order valence-electron chi connectivity index (χ1n) is 13.6. The van der Waals surface area contributed by atoms with Gasteiger partial charge in [0.2, 0.25) is 17.7 Å². The molecular weight excluding hydrogens is 465 g/mol. The van der Waals surface area contributed by atoms with Crippen molar-refractivity contribution in [3.63, 3.8) is 0 Å². The number of carbonyl (C=O) groups is 1. The zero-order valence-corrected chi connectivity index (χ0v) is 18.1. The minimum atomic E-state index is -3.56. The average Bonchev–Trinajstić information content (AvgIpc) is 3.47. The number of hydrogen-bond acceptors (Lipinski definition) is 7. The van der Waals surface area contributed by atoms with Gasteiger partial charge in [0, 0.05) is 29.3 Å². The van der Waals surface area contributed by atoms with Crippen LogP contribution in [-0.4, -0.2) is 79.2 Å². The molecule has 5 rings (SSSR count). The second kappa shape index (κ2) is 8.71. The van der Waals surface area contributed by atoms with Gasteiger partial charge >= 0.3 is 0 Å². The third-order valence-electron chi connectivity index (χ3n) is 5.89. The number of anilines is 1. The first-order valence-corrected chi connectivity index (χ1v) is 10.6. The Bertz CT molecular complexity index is 1610. The smallest absolute Gasteiger partial charge is 0.285 e. The Balaban J connectivity index is 1.50. The van der Waals surface area contributed by atoms with Crippen LogP contribution in [0.3, 0.4) is 0 Å². The van der Waals surface area contributed by atoms with E-state index in [2.05, 4.69) is 25.7 Å². The van der Waals surface area contributed by atoms with Crippen LogP contribution in [0.4, 0.5) is 19.1 Å². The van der Waals surface area contributed by atoms with E-state index in [1.807, 2.05) is 0 Å². The fourth-order valence-corrected chi connectivity index (χ4v) is 4.18. The molecule has 1 aliphatic heterocycles. The van der Waals surface area contributed by atoms with E-state index in [-0.39, 0.29) is 31.0 Å². The second-order valence-corrected chi connectivity index (χ2v) is 8.04. The molecule has 0 saturated carbocycles. The fraction of sp³-hybridized carbons (Fsp3) is 0.409. The molecule has 184 valence electrons. The van der Waals surface area contributed by atoms with Crippen molar-refractivity contribution in [2.24, 2.45) is 0 Å². The predicted octanol–water partition coefficient (Wildman–Crippen LogP) is 2.79. The molecule has 0 radical (unpaired) electrons. The Morgan fingerprint density at radius 3 is 3.03 bits per heavy atom. The van der Waals surface area contributed by atoms with E-state index in [4.69, 9.17) is 13.0 Å². The number of rotatable bonds is 6. The van der Waals surface area contributed by atoms with Crippen molar-refractivity contribution in [2.75, 3.05) is 32.1 Å². The van der Waals surface area contributed by atoms with E-state index in [0.29, 0.717) is 27.1 Å². The number of piperidine rings is 1. The molecule has 3 aromatic heterocycles. The number of nitrogens with zero attached hydrogens (tertiary/aromatic N) is 7. The number of halogens is 3. The highest BCUT2D eigenvalue weighted by atomic mass is 19.3. The summed E-state index contributed by atoms with van der Waals surface area (Å²) in [6, 6.07) is 5.02. The van der Waals surface area contributed by atoms with Gasteiger partial charge in [-0.25, -0.2) is 22.4 Å². The van der Waals surface area contributed by atoms with Crippen molar-refractivity contribution in [1.29, 1.82) is 0 Å². The van der Waals surface area contributed by atoms with Crippen LogP contribution in [0.25, 0.3) is 27.7 Å². The fourth-order valence-electron chi connectivity index (χ4n) is 4.18. The highest BCUT2D eigenvalue weighted by Gasteiger charge is 2.45. The van der Waals surface area contributed by atoms with E-state index in [1.165, 1.54) is 15.4 Å². The maximum atomic E-state index is 15.0. The third-order valence-corrected chi connectivity index (χ3v) is 5.89. The summed E-state index contributed by atoms with van der Waals surface area (Å²) < 4.78 is 95.1. The number of hydrogen-bond donors (Lipinski definition) is 1. The third kappa shape index (κ3) is 4.10. The van der Waals surface area contributed by atoms with Gasteiger partial charge in [0.1, 0.15) is 17.7 Å². The van der Waals surface area contributed by atoms with Crippen LogP contribution in [0, 0.1) is 0 Å².